The van der Waals surface area contributed by atoms with Crippen molar-refractivity contribution in [3.05, 3.63) is 56.5 Å². The number of carbonyl (C=O) groups is 2. The first-order valence-electron chi connectivity index (χ1n) is 8.39. The van der Waals surface area contributed by atoms with E-state index in [1.165, 1.54) is 0 Å². The number of hydrogen-bond donors (Lipinski definition) is 2. The lowest BCUT2D eigenvalue weighted by Crippen LogP contribution is -2.67. The molecule has 186 valence electrons. The molecule has 0 spiro atoms. The molecule has 0 heterocycles. The van der Waals surface area contributed by atoms with Gasteiger partial charge in [-0.25, -0.2) is 0 Å². The van der Waals surface area contributed by atoms with Crippen molar-refractivity contribution in [3.63, 3.8) is 0 Å². The van der Waals surface area contributed by atoms with Crippen LogP contribution in [0.5, 0.6) is 0 Å². The van der Waals surface area contributed by atoms with E-state index in [2.05, 4.69) is 0 Å². The molecule has 0 aromatic heterocycles. The lowest BCUT2D eigenvalue weighted by Gasteiger charge is -2.35. The van der Waals surface area contributed by atoms with E-state index in [0.717, 1.165) is 47.0 Å². The third-order valence-corrected chi connectivity index (χ3v) is 4.87. The summed E-state index contributed by atoms with van der Waals surface area (Å²) in [7, 11) is 0. The zero-order chi connectivity index (χ0) is 26.3. The third kappa shape index (κ3) is 5.29. The molecule has 0 aliphatic carbocycles. The van der Waals surface area contributed by atoms with Gasteiger partial charge in [-0.2, -0.15) is 35.1 Å². The maximum atomic E-state index is 14.1. The van der Waals surface area contributed by atoms with Gasteiger partial charge in [-0.05, 0) is 36.4 Å². The molecule has 0 aliphatic heterocycles. The molecule has 0 bridgehead atoms. The molecule has 34 heavy (non-hydrogen) atoms. The van der Waals surface area contributed by atoms with Gasteiger partial charge in [0, 0.05) is 31.5 Å². The minimum Gasteiger partial charge on any atom is -0.321 e. The van der Waals surface area contributed by atoms with Crippen molar-refractivity contribution >= 4 is 69.6 Å². The minimum atomic E-state index is -7.07. The van der Waals surface area contributed by atoms with Gasteiger partial charge in [-0.3, -0.25) is 9.59 Å². The lowest BCUT2D eigenvalue weighted by molar-refractivity contribution is -0.345. The summed E-state index contributed by atoms with van der Waals surface area (Å²) < 4.78 is 113. The van der Waals surface area contributed by atoms with E-state index in [4.69, 9.17) is 46.4 Å². The maximum Gasteiger partial charge on any atom is 0.393 e. The number of rotatable bonds is 7. The average Bonchev–Trinajstić information content (AvgIpc) is 2.65. The van der Waals surface area contributed by atoms with Gasteiger partial charge in [0.25, 0.3) is 0 Å². The summed E-state index contributed by atoms with van der Waals surface area (Å²) >= 11 is 22.2. The number of nitrogens with one attached hydrogen (secondary N) is 2. The van der Waals surface area contributed by atoms with Gasteiger partial charge in [0.15, 0.2) is 0 Å². The highest BCUT2D eigenvalue weighted by Crippen LogP contribution is 2.53. The van der Waals surface area contributed by atoms with Crippen molar-refractivity contribution in [2.75, 3.05) is 10.6 Å². The van der Waals surface area contributed by atoms with E-state index in [-0.39, 0.29) is 20.1 Å². The Hall–Kier alpha value is -2.02. The smallest absolute Gasteiger partial charge is 0.321 e. The zero-order valence-corrected chi connectivity index (χ0v) is 18.8. The average molecular weight is 578 g/mol. The normalized spacial score (nSPS) is 12.9. The Labute approximate surface area is 205 Å². The molecular weight excluding hydrogens is 570 g/mol. The van der Waals surface area contributed by atoms with Crippen LogP contribution in [-0.2, 0) is 9.59 Å². The number of anilines is 2. The quantitative estimate of drug-likeness (QED) is 0.337. The van der Waals surface area contributed by atoms with Gasteiger partial charge in [0.1, 0.15) is 0 Å². The lowest BCUT2D eigenvalue weighted by atomic mass is 9.97. The highest BCUT2D eigenvalue weighted by molar-refractivity contribution is 6.35. The molecule has 0 radical (unpaired) electrons. The molecule has 4 nitrogen and oxygen atoms in total. The number of hydrogen-bond acceptors (Lipinski definition) is 2. The number of carbonyl (C=O) groups excluding carboxylic acids is 2. The summed E-state index contributed by atoms with van der Waals surface area (Å²) in [4.78, 5) is 23.4. The van der Waals surface area contributed by atoms with Crippen LogP contribution in [-0.4, -0.2) is 35.5 Å². The van der Waals surface area contributed by atoms with Crippen LogP contribution in [0.15, 0.2) is 36.4 Å². The standard InChI is InChI=1S/C18H8Cl4F8N2O2/c19-7-1-8(20)4-11(3-7)31-13(33)15(23,24)17(27,28)18(29,30)16(25,26)14(34)32-12-5-9(21)2-10(22)6-12/h1-6H,(H,31,33)(H,32,34). The molecule has 0 atom stereocenters. The molecule has 0 fully saturated rings. The summed E-state index contributed by atoms with van der Waals surface area (Å²) in [6, 6.07) is 5.02. The minimum absolute atomic E-state index is 0.271. The van der Waals surface area contributed by atoms with E-state index >= 15 is 0 Å². The predicted octanol–water partition coefficient (Wildman–Crippen LogP) is 7.42. The fourth-order valence-electron chi connectivity index (χ4n) is 2.35. The van der Waals surface area contributed by atoms with Crippen LogP contribution in [0, 0.1) is 0 Å². The van der Waals surface area contributed by atoms with Crippen LogP contribution >= 0.6 is 46.4 Å². The summed E-state index contributed by atoms with van der Waals surface area (Å²) in [6.07, 6.45) is 0. The first-order chi connectivity index (χ1) is 15.3. The molecule has 2 N–H and O–H groups in total. The second-order valence-corrected chi connectivity index (χ2v) is 8.27. The first kappa shape index (κ1) is 28.2. The van der Waals surface area contributed by atoms with Gasteiger partial charge in [0.2, 0.25) is 0 Å². The van der Waals surface area contributed by atoms with Crippen LogP contribution in [0.3, 0.4) is 0 Å². The molecule has 0 aliphatic rings. The molecule has 0 unspecified atom stereocenters. The summed E-state index contributed by atoms with van der Waals surface area (Å²) in [6.45, 7) is 0. The van der Waals surface area contributed by atoms with Gasteiger partial charge in [-0.15, -0.1) is 0 Å². The van der Waals surface area contributed by atoms with Crippen molar-refractivity contribution in [2.45, 2.75) is 23.7 Å². The largest absolute Gasteiger partial charge is 0.393 e. The molecule has 2 aromatic rings. The van der Waals surface area contributed by atoms with Crippen molar-refractivity contribution < 1.29 is 44.7 Å². The Morgan fingerprint density at radius 1 is 0.529 bits per heavy atom. The van der Waals surface area contributed by atoms with E-state index in [9.17, 15) is 44.7 Å². The predicted molar refractivity (Wildman–Crippen MR) is 110 cm³/mol. The maximum absolute atomic E-state index is 14.1. The molecule has 2 rings (SSSR count). The van der Waals surface area contributed by atoms with Crippen LogP contribution in [0.25, 0.3) is 0 Å². The molecule has 0 saturated carbocycles. The Kier molecular flexibility index (Phi) is 7.93. The molecular formula is C18H8Cl4F8N2O2. The number of benzene rings is 2. The molecule has 0 saturated heterocycles. The summed E-state index contributed by atoms with van der Waals surface area (Å²) in [5.41, 5.74) is -1.47. The number of amides is 2. The Morgan fingerprint density at radius 3 is 1.00 bits per heavy atom. The molecule has 2 aromatic carbocycles. The van der Waals surface area contributed by atoms with Crippen LogP contribution < -0.4 is 10.6 Å². The summed E-state index contributed by atoms with van der Waals surface area (Å²) in [5.74, 6) is -33.2. The highest BCUT2D eigenvalue weighted by Gasteiger charge is 2.84. The fourth-order valence-corrected chi connectivity index (χ4v) is 3.40. The summed E-state index contributed by atoms with van der Waals surface area (Å²) in [5, 5.41) is 1.17. The van der Waals surface area contributed by atoms with Crippen molar-refractivity contribution in [3.8, 4) is 0 Å². The topological polar surface area (TPSA) is 58.2 Å². The zero-order valence-electron chi connectivity index (χ0n) is 15.8. The second kappa shape index (κ2) is 9.56. The van der Waals surface area contributed by atoms with Crippen LogP contribution in [0.1, 0.15) is 0 Å². The monoisotopic (exact) mass is 576 g/mol. The van der Waals surface area contributed by atoms with Crippen molar-refractivity contribution in [1.82, 2.24) is 0 Å². The van der Waals surface area contributed by atoms with Gasteiger partial charge in [0.05, 0.1) is 0 Å². The van der Waals surface area contributed by atoms with Crippen molar-refractivity contribution in [2.24, 2.45) is 0 Å². The SMILES string of the molecule is O=C(Nc1cc(Cl)cc(Cl)c1)C(F)(F)C(F)(F)C(F)(F)C(F)(F)C(=O)Nc1cc(Cl)cc(Cl)c1. The Balaban J connectivity index is 2.36. The number of halogens is 12. The third-order valence-electron chi connectivity index (χ3n) is 3.99. The highest BCUT2D eigenvalue weighted by atomic mass is 35.5. The van der Waals surface area contributed by atoms with Crippen molar-refractivity contribution in [1.29, 1.82) is 0 Å². The van der Waals surface area contributed by atoms with Crippen LogP contribution in [0.4, 0.5) is 46.5 Å². The first-order valence-corrected chi connectivity index (χ1v) is 9.90. The Morgan fingerprint density at radius 2 is 0.765 bits per heavy atom. The Bertz CT molecular complexity index is 1000. The van der Waals surface area contributed by atoms with E-state index in [1.54, 1.807) is 0 Å². The van der Waals surface area contributed by atoms with Crippen LogP contribution in [0.2, 0.25) is 20.1 Å². The van der Waals surface area contributed by atoms with Gasteiger partial charge < -0.3 is 10.6 Å². The second-order valence-electron chi connectivity index (χ2n) is 6.52. The fraction of sp³-hybridized carbons (Fsp3) is 0.222. The van der Waals surface area contributed by atoms with Gasteiger partial charge >= 0.3 is 35.5 Å². The van der Waals surface area contributed by atoms with E-state index < -0.39 is 46.9 Å². The van der Waals surface area contributed by atoms with Gasteiger partial charge in [-0.1, -0.05) is 46.4 Å². The molecule has 16 heteroatoms. The number of alkyl halides is 8. The van der Waals surface area contributed by atoms with E-state index in [0.29, 0.717) is 0 Å². The molecule has 2 amide bonds. The van der Waals surface area contributed by atoms with E-state index in [1.807, 2.05) is 0 Å².